The molecule has 4 rings (SSSR count). The average molecular weight is 503 g/mol. The second-order valence-corrected chi connectivity index (χ2v) is 9.82. The number of nitrogens with one attached hydrogen (secondary N) is 1. The molecular formula is C24H23ClN2O6S. The molecule has 1 N–H and O–H groups in total. The largest absolute Gasteiger partial charge is 0.495 e. The monoisotopic (exact) mass is 502 g/mol. The van der Waals surface area contributed by atoms with Crippen molar-refractivity contribution in [2.75, 3.05) is 30.4 Å². The van der Waals surface area contributed by atoms with Crippen LogP contribution in [0.15, 0.2) is 66.7 Å². The number of rotatable bonds is 7. The SMILES string of the molecule is COc1cc(NC(=O)[C@@H]2CN(S(=O)(=O)Cc3ccccc3)c3ccccc3O2)c(OC)cc1Cl. The minimum Gasteiger partial charge on any atom is -0.495 e. The molecule has 3 aromatic carbocycles. The van der Waals surface area contributed by atoms with Gasteiger partial charge >= 0.3 is 0 Å². The van der Waals surface area contributed by atoms with Crippen LogP contribution in [-0.4, -0.2) is 41.2 Å². The van der Waals surface area contributed by atoms with Crippen molar-refractivity contribution in [2.24, 2.45) is 0 Å². The van der Waals surface area contributed by atoms with Crippen molar-refractivity contribution in [3.63, 3.8) is 0 Å². The fraction of sp³-hybridized carbons (Fsp3) is 0.208. The Bertz CT molecular complexity index is 1300. The lowest BCUT2D eigenvalue weighted by Gasteiger charge is -2.34. The molecule has 0 saturated heterocycles. The number of anilines is 2. The molecule has 0 radical (unpaired) electrons. The third-order valence-corrected chi connectivity index (χ3v) is 7.30. The summed E-state index contributed by atoms with van der Waals surface area (Å²) in [6.45, 7) is -0.189. The van der Waals surface area contributed by atoms with E-state index in [1.165, 1.54) is 30.7 Å². The summed E-state index contributed by atoms with van der Waals surface area (Å²) in [5.74, 6) is 0.213. The molecule has 3 aromatic rings. The van der Waals surface area contributed by atoms with Gasteiger partial charge < -0.3 is 19.5 Å². The second kappa shape index (κ2) is 9.82. The lowest BCUT2D eigenvalue weighted by molar-refractivity contribution is -0.122. The molecule has 1 amide bonds. The van der Waals surface area contributed by atoms with Crippen LogP contribution >= 0.6 is 11.6 Å². The number of benzene rings is 3. The van der Waals surface area contributed by atoms with Crippen molar-refractivity contribution >= 4 is 38.9 Å². The predicted octanol–water partition coefficient (Wildman–Crippen LogP) is 4.09. The van der Waals surface area contributed by atoms with Crippen molar-refractivity contribution < 1.29 is 27.4 Å². The quantitative estimate of drug-likeness (QED) is 0.523. The van der Waals surface area contributed by atoms with Crippen LogP contribution in [0.25, 0.3) is 0 Å². The minimum atomic E-state index is -3.81. The maximum Gasteiger partial charge on any atom is 0.267 e. The van der Waals surface area contributed by atoms with Gasteiger partial charge in [0.05, 0.1) is 42.9 Å². The van der Waals surface area contributed by atoms with Gasteiger partial charge in [0, 0.05) is 12.1 Å². The average Bonchev–Trinajstić information content (AvgIpc) is 2.84. The number of methoxy groups -OCH3 is 2. The van der Waals surface area contributed by atoms with Gasteiger partial charge in [0.2, 0.25) is 10.0 Å². The molecule has 0 saturated carbocycles. The molecule has 0 aromatic heterocycles. The number of hydrogen-bond donors (Lipinski definition) is 1. The van der Waals surface area contributed by atoms with Gasteiger partial charge in [0.15, 0.2) is 6.10 Å². The van der Waals surface area contributed by atoms with Crippen LogP contribution in [0, 0.1) is 0 Å². The van der Waals surface area contributed by atoms with Crippen LogP contribution in [0.2, 0.25) is 5.02 Å². The van der Waals surface area contributed by atoms with Gasteiger partial charge in [0.25, 0.3) is 5.91 Å². The number of amides is 1. The van der Waals surface area contributed by atoms with Gasteiger partial charge in [-0.3, -0.25) is 9.10 Å². The van der Waals surface area contributed by atoms with E-state index in [0.717, 1.165) is 0 Å². The van der Waals surface area contributed by atoms with E-state index in [0.29, 0.717) is 39.2 Å². The van der Waals surface area contributed by atoms with Crippen molar-refractivity contribution in [1.29, 1.82) is 0 Å². The number of nitrogens with zero attached hydrogens (tertiary/aromatic N) is 1. The van der Waals surface area contributed by atoms with Crippen LogP contribution < -0.4 is 23.8 Å². The number of sulfonamides is 1. The van der Waals surface area contributed by atoms with E-state index in [9.17, 15) is 13.2 Å². The number of hydrogen-bond acceptors (Lipinski definition) is 6. The molecule has 0 aliphatic carbocycles. The first-order chi connectivity index (χ1) is 16.3. The first-order valence-electron chi connectivity index (χ1n) is 10.3. The van der Waals surface area contributed by atoms with E-state index < -0.39 is 22.0 Å². The first kappa shape index (κ1) is 23.7. The molecule has 8 nitrogen and oxygen atoms in total. The number of carbonyl (C=O) groups excluding carboxylic acids is 1. The van der Waals surface area contributed by atoms with Crippen molar-refractivity contribution in [2.45, 2.75) is 11.9 Å². The lowest BCUT2D eigenvalue weighted by Crippen LogP contribution is -2.49. The molecule has 0 unspecified atom stereocenters. The second-order valence-electron chi connectivity index (χ2n) is 7.52. The highest BCUT2D eigenvalue weighted by atomic mass is 35.5. The van der Waals surface area contributed by atoms with Gasteiger partial charge in [0.1, 0.15) is 17.2 Å². The van der Waals surface area contributed by atoms with Gasteiger partial charge in [-0.25, -0.2) is 8.42 Å². The molecule has 1 atom stereocenters. The maximum atomic E-state index is 13.4. The third kappa shape index (κ3) is 4.90. The molecule has 1 heterocycles. The summed E-state index contributed by atoms with van der Waals surface area (Å²) in [6.07, 6.45) is -1.10. The van der Waals surface area contributed by atoms with Crippen LogP contribution in [0.1, 0.15) is 5.56 Å². The molecule has 34 heavy (non-hydrogen) atoms. The van der Waals surface area contributed by atoms with E-state index in [2.05, 4.69) is 5.32 Å². The van der Waals surface area contributed by atoms with Crippen LogP contribution in [-0.2, 0) is 20.6 Å². The Kier molecular flexibility index (Phi) is 6.85. The normalized spacial score (nSPS) is 15.1. The van der Waals surface area contributed by atoms with Gasteiger partial charge in [-0.1, -0.05) is 54.1 Å². The van der Waals surface area contributed by atoms with Crippen LogP contribution in [0.4, 0.5) is 11.4 Å². The molecule has 0 fully saturated rings. The third-order valence-electron chi connectivity index (χ3n) is 5.29. The van der Waals surface area contributed by atoms with E-state index in [4.69, 9.17) is 25.8 Å². The molecule has 0 bridgehead atoms. The predicted molar refractivity (Wildman–Crippen MR) is 130 cm³/mol. The fourth-order valence-corrected chi connectivity index (χ4v) is 5.45. The zero-order chi connectivity index (χ0) is 24.3. The smallest absolute Gasteiger partial charge is 0.267 e. The van der Waals surface area contributed by atoms with Crippen molar-refractivity contribution in [1.82, 2.24) is 0 Å². The molecular weight excluding hydrogens is 480 g/mol. The van der Waals surface area contributed by atoms with Crippen LogP contribution in [0.5, 0.6) is 17.2 Å². The lowest BCUT2D eigenvalue weighted by atomic mass is 10.2. The van der Waals surface area contributed by atoms with E-state index in [1.807, 2.05) is 6.07 Å². The highest BCUT2D eigenvalue weighted by Gasteiger charge is 2.37. The van der Waals surface area contributed by atoms with Gasteiger partial charge in [-0.15, -0.1) is 0 Å². The Labute approximate surface area is 203 Å². The summed E-state index contributed by atoms with van der Waals surface area (Å²) in [5, 5.41) is 3.05. The zero-order valence-corrected chi connectivity index (χ0v) is 20.1. The summed E-state index contributed by atoms with van der Waals surface area (Å²) in [6, 6.07) is 18.6. The standard InChI is InChI=1S/C24H23ClN2O6S/c1-31-21-13-18(22(32-2)12-17(21)25)26-24(28)23-14-27(19-10-6-7-11-20(19)33-23)34(29,30)15-16-8-4-3-5-9-16/h3-13,23H,14-15H2,1-2H3,(H,26,28)/t23-/m0/s1. The Morgan fingerprint density at radius 2 is 1.74 bits per heavy atom. The molecule has 178 valence electrons. The molecule has 10 heteroatoms. The topological polar surface area (TPSA) is 94.2 Å². The number of ether oxygens (including phenoxy) is 3. The first-order valence-corrected chi connectivity index (χ1v) is 12.3. The van der Waals surface area contributed by atoms with Crippen LogP contribution in [0.3, 0.4) is 0 Å². The number of carbonyl (C=O) groups is 1. The summed E-state index contributed by atoms with van der Waals surface area (Å²) in [7, 11) is -0.909. The molecule has 0 spiro atoms. The summed E-state index contributed by atoms with van der Waals surface area (Å²) < 4.78 is 44.3. The molecule has 1 aliphatic heterocycles. The van der Waals surface area contributed by atoms with Gasteiger partial charge in [-0.2, -0.15) is 0 Å². The minimum absolute atomic E-state index is 0.189. The number of fused-ring (bicyclic) bond motifs is 1. The molecule has 1 aliphatic rings. The van der Waals surface area contributed by atoms with E-state index in [1.54, 1.807) is 48.5 Å². The Morgan fingerprint density at radius 3 is 2.44 bits per heavy atom. The number of para-hydroxylation sites is 2. The van der Waals surface area contributed by atoms with E-state index >= 15 is 0 Å². The Morgan fingerprint density at radius 1 is 1.06 bits per heavy atom. The Hall–Kier alpha value is -3.43. The highest BCUT2D eigenvalue weighted by Crippen LogP contribution is 2.38. The maximum absolute atomic E-state index is 13.4. The Balaban J connectivity index is 1.63. The fourth-order valence-electron chi connectivity index (χ4n) is 3.64. The number of halogens is 1. The van der Waals surface area contributed by atoms with Gasteiger partial charge in [-0.05, 0) is 17.7 Å². The van der Waals surface area contributed by atoms with Crippen molar-refractivity contribution in [3.8, 4) is 17.2 Å². The summed E-state index contributed by atoms with van der Waals surface area (Å²) in [4.78, 5) is 13.2. The highest BCUT2D eigenvalue weighted by molar-refractivity contribution is 7.92. The summed E-state index contributed by atoms with van der Waals surface area (Å²) in [5.41, 5.74) is 1.34. The van der Waals surface area contributed by atoms with Crippen molar-refractivity contribution in [3.05, 3.63) is 77.3 Å². The zero-order valence-electron chi connectivity index (χ0n) is 18.5. The summed E-state index contributed by atoms with van der Waals surface area (Å²) >= 11 is 6.14. The van der Waals surface area contributed by atoms with E-state index in [-0.39, 0.29) is 12.3 Å².